The number of hydrogen-bond acceptors (Lipinski definition) is 4. The molecule has 0 radical (unpaired) electrons. The first-order chi connectivity index (χ1) is 14.3. The van der Waals surface area contributed by atoms with Crippen molar-refractivity contribution in [1.82, 2.24) is 14.5 Å². The summed E-state index contributed by atoms with van der Waals surface area (Å²) in [6.45, 7) is 4.91. The number of nitrogens with one attached hydrogen (secondary N) is 1. The van der Waals surface area contributed by atoms with Gasteiger partial charge in [0.05, 0.1) is 5.02 Å². The summed E-state index contributed by atoms with van der Waals surface area (Å²) in [7, 11) is -3.80. The van der Waals surface area contributed by atoms with Crippen LogP contribution in [0.1, 0.15) is 25.7 Å². The van der Waals surface area contributed by atoms with Crippen LogP contribution in [0.2, 0.25) is 10.0 Å². The van der Waals surface area contributed by atoms with E-state index in [1.807, 2.05) is 0 Å². The van der Waals surface area contributed by atoms with Crippen molar-refractivity contribution in [2.24, 2.45) is 5.92 Å². The zero-order chi connectivity index (χ0) is 21.9. The Labute approximate surface area is 187 Å². The van der Waals surface area contributed by atoms with Crippen LogP contribution >= 0.6 is 23.2 Å². The van der Waals surface area contributed by atoms with Crippen LogP contribution in [0.25, 0.3) is 0 Å². The van der Waals surface area contributed by atoms with Gasteiger partial charge >= 0.3 is 0 Å². The van der Waals surface area contributed by atoms with E-state index in [-0.39, 0.29) is 45.8 Å². The molecule has 1 N–H and O–H groups in total. The topological polar surface area (TPSA) is 86.8 Å². The summed E-state index contributed by atoms with van der Waals surface area (Å²) in [4.78, 5) is 27.0. The minimum absolute atomic E-state index is 0.0278. The second-order valence-electron chi connectivity index (χ2n) is 7.48. The molecule has 0 spiro atoms. The Kier molecular flexibility index (Phi) is 7.44. The number of benzene rings is 1. The third kappa shape index (κ3) is 4.82. The van der Waals surface area contributed by atoms with Crippen LogP contribution < -0.4 is 5.32 Å². The molecule has 1 atom stereocenters. The minimum Gasteiger partial charge on any atom is -0.351 e. The summed E-state index contributed by atoms with van der Waals surface area (Å²) in [5.41, 5.74) is 0. The van der Waals surface area contributed by atoms with E-state index in [0.29, 0.717) is 32.4 Å². The Hall–Kier alpha value is -1.61. The Morgan fingerprint density at radius 3 is 2.53 bits per heavy atom. The Morgan fingerprint density at radius 1 is 1.17 bits per heavy atom. The number of carbonyl (C=O) groups is 2. The second-order valence-corrected chi connectivity index (χ2v) is 10.2. The smallest absolute Gasteiger partial charge is 0.244 e. The summed E-state index contributed by atoms with van der Waals surface area (Å²) in [5.74, 6) is -0.556. The summed E-state index contributed by atoms with van der Waals surface area (Å²) in [6.07, 6.45) is 3.80. The average Bonchev–Trinajstić information content (AvgIpc) is 3.23. The molecule has 1 aromatic carbocycles. The Morgan fingerprint density at radius 2 is 1.87 bits per heavy atom. The van der Waals surface area contributed by atoms with Gasteiger partial charge in [0.1, 0.15) is 10.9 Å². The first-order valence-electron chi connectivity index (χ1n) is 9.90. The number of carbonyl (C=O) groups excluding carboxylic acids is 2. The molecule has 7 nitrogen and oxygen atoms in total. The van der Waals surface area contributed by atoms with E-state index < -0.39 is 16.1 Å². The van der Waals surface area contributed by atoms with Gasteiger partial charge in [0.15, 0.2) is 0 Å². The van der Waals surface area contributed by atoms with E-state index in [9.17, 15) is 18.0 Å². The number of rotatable bonds is 6. The van der Waals surface area contributed by atoms with Crippen LogP contribution in [0.5, 0.6) is 0 Å². The normalized spacial score (nSPS) is 20.9. The van der Waals surface area contributed by atoms with Crippen molar-refractivity contribution in [2.75, 3.05) is 26.2 Å². The number of hydrogen-bond donors (Lipinski definition) is 1. The monoisotopic (exact) mass is 473 g/mol. The molecule has 2 heterocycles. The van der Waals surface area contributed by atoms with E-state index in [2.05, 4.69) is 11.9 Å². The first-order valence-corrected chi connectivity index (χ1v) is 12.1. The molecule has 2 aliphatic heterocycles. The van der Waals surface area contributed by atoms with Gasteiger partial charge in [0.25, 0.3) is 0 Å². The number of amides is 2. The Bertz CT molecular complexity index is 930. The van der Waals surface area contributed by atoms with Gasteiger partial charge in [0.2, 0.25) is 21.8 Å². The number of piperidine rings is 1. The standard InChI is InChI=1S/C20H25Cl2N3O4S/c1-2-9-23-19(26)17-4-3-10-25(17)20(27)14-7-11-24(12-8-14)30(28,29)18-13-15(21)5-6-16(18)22/h2,5-6,13-14,17H,1,3-4,7-12H2,(H,23,26)/t17-/m0/s1. The fourth-order valence-corrected chi connectivity index (χ4v) is 6.19. The van der Waals surface area contributed by atoms with Gasteiger partial charge in [-0.2, -0.15) is 4.31 Å². The molecule has 1 aromatic rings. The second kappa shape index (κ2) is 9.68. The molecule has 30 heavy (non-hydrogen) atoms. The molecule has 0 aliphatic carbocycles. The SMILES string of the molecule is C=CCNC(=O)[C@@H]1CCCN1C(=O)C1CCN(S(=O)(=O)c2cc(Cl)ccc2Cl)CC1. The first kappa shape index (κ1) is 23.1. The third-order valence-corrected chi connectivity index (χ3v) is 8.19. The van der Waals surface area contributed by atoms with E-state index in [0.717, 1.165) is 6.42 Å². The maximum absolute atomic E-state index is 13.0. The fourth-order valence-electron chi connectivity index (χ4n) is 3.99. The quantitative estimate of drug-likeness (QED) is 0.643. The van der Waals surface area contributed by atoms with Crippen molar-refractivity contribution >= 4 is 45.0 Å². The largest absolute Gasteiger partial charge is 0.351 e. The molecular weight excluding hydrogens is 449 g/mol. The lowest BCUT2D eigenvalue weighted by atomic mass is 9.96. The van der Waals surface area contributed by atoms with Crippen LogP contribution in [0.3, 0.4) is 0 Å². The molecule has 0 aromatic heterocycles. The van der Waals surface area contributed by atoms with Crippen LogP contribution in [-0.4, -0.2) is 61.7 Å². The lowest BCUT2D eigenvalue weighted by molar-refractivity contribution is -0.142. The van der Waals surface area contributed by atoms with Gasteiger partial charge in [-0.25, -0.2) is 8.42 Å². The zero-order valence-electron chi connectivity index (χ0n) is 16.5. The molecule has 2 saturated heterocycles. The summed E-state index contributed by atoms with van der Waals surface area (Å²) in [5, 5.41) is 3.16. The molecule has 164 valence electrons. The Balaban J connectivity index is 1.65. The molecule has 0 unspecified atom stereocenters. The number of sulfonamides is 1. The van der Waals surface area contributed by atoms with Crippen LogP contribution in [0, 0.1) is 5.92 Å². The van der Waals surface area contributed by atoms with Crippen LogP contribution in [0.15, 0.2) is 35.7 Å². The summed E-state index contributed by atoms with van der Waals surface area (Å²) >= 11 is 12.0. The van der Waals surface area contributed by atoms with Crippen LogP contribution in [-0.2, 0) is 19.6 Å². The lowest BCUT2D eigenvalue weighted by Crippen LogP contribution is -2.50. The molecule has 0 saturated carbocycles. The van der Waals surface area contributed by atoms with E-state index in [1.165, 1.54) is 22.5 Å². The van der Waals surface area contributed by atoms with Gasteiger partial charge in [-0.05, 0) is 43.9 Å². The van der Waals surface area contributed by atoms with Crippen LogP contribution in [0.4, 0.5) is 0 Å². The van der Waals surface area contributed by atoms with Gasteiger partial charge < -0.3 is 10.2 Å². The molecule has 3 rings (SSSR count). The van der Waals surface area contributed by atoms with Gasteiger partial charge in [-0.1, -0.05) is 29.3 Å². The van der Waals surface area contributed by atoms with E-state index in [1.54, 1.807) is 11.0 Å². The average molecular weight is 474 g/mol. The maximum Gasteiger partial charge on any atom is 0.244 e. The molecular formula is C20H25Cl2N3O4S. The summed E-state index contributed by atoms with van der Waals surface area (Å²) in [6, 6.07) is 3.86. The fraction of sp³-hybridized carbons (Fsp3) is 0.500. The van der Waals surface area contributed by atoms with Crippen molar-refractivity contribution in [1.29, 1.82) is 0 Å². The predicted octanol–water partition coefficient (Wildman–Crippen LogP) is 2.69. The third-order valence-electron chi connectivity index (χ3n) is 5.57. The minimum atomic E-state index is -3.80. The van der Waals surface area contributed by atoms with Gasteiger partial charge in [-0.15, -0.1) is 6.58 Å². The number of likely N-dealkylation sites (tertiary alicyclic amines) is 1. The predicted molar refractivity (Wildman–Crippen MR) is 116 cm³/mol. The molecule has 2 fully saturated rings. The zero-order valence-corrected chi connectivity index (χ0v) is 18.8. The van der Waals surface area contributed by atoms with E-state index >= 15 is 0 Å². The number of nitrogens with zero attached hydrogens (tertiary/aromatic N) is 2. The lowest BCUT2D eigenvalue weighted by Gasteiger charge is -2.34. The highest BCUT2D eigenvalue weighted by molar-refractivity contribution is 7.89. The van der Waals surface area contributed by atoms with Crippen molar-refractivity contribution in [3.63, 3.8) is 0 Å². The summed E-state index contributed by atoms with van der Waals surface area (Å²) < 4.78 is 27.3. The van der Waals surface area contributed by atoms with Crippen molar-refractivity contribution < 1.29 is 18.0 Å². The highest BCUT2D eigenvalue weighted by atomic mass is 35.5. The highest BCUT2D eigenvalue weighted by Gasteiger charge is 2.39. The molecule has 2 aliphatic rings. The van der Waals surface area contributed by atoms with Gasteiger partial charge in [-0.3, -0.25) is 9.59 Å². The van der Waals surface area contributed by atoms with Gasteiger partial charge in [0, 0.05) is 37.1 Å². The molecule has 2 amide bonds. The number of halogens is 2. The molecule has 10 heteroatoms. The van der Waals surface area contributed by atoms with Crippen molar-refractivity contribution in [3.05, 3.63) is 40.9 Å². The van der Waals surface area contributed by atoms with E-state index in [4.69, 9.17) is 23.2 Å². The highest BCUT2D eigenvalue weighted by Crippen LogP contribution is 2.31. The maximum atomic E-state index is 13.0. The molecule has 0 bridgehead atoms. The van der Waals surface area contributed by atoms with Crippen molar-refractivity contribution in [2.45, 2.75) is 36.6 Å². The van der Waals surface area contributed by atoms with Crippen molar-refractivity contribution in [3.8, 4) is 0 Å².